The molecule has 15 heteroatoms. The maximum absolute atomic E-state index is 14.0. The molecule has 0 spiro atoms. The number of epoxide rings is 1. The highest BCUT2D eigenvalue weighted by atomic mass is 35.5. The summed E-state index contributed by atoms with van der Waals surface area (Å²) in [5.74, 6) is -1.30. The number of nitrogens with zero attached hydrogens (tertiary/aromatic N) is 2. The second kappa shape index (κ2) is 15.9. The van der Waals surface area contributed by atoms with E-state index in [2.05, 4.69) is 17.9 Å². The summed E-state index contributed by atoms with van der Waals surface area (Å²) in [6, 6.07) is 2.60. The van der Waals surface area contributed by atoms with Gasteiger partial charge in [-0.15, -0.1) is 0 Å². The number of nitrogens with one attached hydrogen (secondary N) is 1. The van der Waals surface area contributed by atoms with E-state index < -0.39 is 65.7 Å². The number of methoxy groups -OCH3 is 2. The van der Waals surface area contributed by atoms with E-state index in [9.17, 15) is 24.3 Å². The largest absolute Gasteiger partial charge is 0.495 e. The summed E-state index contributed by atoms with van der Waals surface area (Å²) in [6.07, 6.45) is 1.08. The third-order valence-electron chi connectivity index (χ3n) is 9.85. The first-order valence-corrected chi connectivity index (χ1v) is 17.5. The Bertz CT molecular complexity index is 1540. The number of thiol groups is 1. The number of ether oxygens (including phenoxy) is 5. The van der Waals surface area contributed by atoms with Crippen molar-refractivity contribution in [1.29, 1.82) is 0 Å². The minimum atomic E-state index is -1.82. The molecule has 13 nitrogen and oxygen atoms in total. The van der Waals surface area contributed by atoms with Crippen molar-refractivity contribution < 1.29 is 48.0 Å². The van der Waals surface area contributed by atoms with Crippen LogP contribution in [0.2, 0.25) is 5.02 Å². The standard InChI is InChI=1S/C35H48ClN3O10S/c1-19-10-9-11-26(46-8)35(44)18-25(47-33(43)37-35)20(2)31-34(4,49-31)27(48-32(42)21(3)38(5)28(40)12-13-50)17-29(41)39(6)23-15-22(14-19)16-24(45-7)30(23)36/h9-11,15-16,20-21,25-27,31,44,50H,12-14,17-18H2,1-8H3,(H,37,43)/b11-9+,19-10-/t20-,21+,25-,26+,27+,31-,34+,35+/m1/s1. The molecule has 276 valence electrons. The summed E-state index contributed by atoms with van der Waals surface area (Å²) in [7, 11) is 5.98. The number of likely N-dealkylation sites (N-methyl/N-ethyl adjacent to an activating group) is 1. The molecular formula is C35H48ClN3O10S. The van der Waals surface area contributed by atoms with Crippen molar-refractivity contribution in [2.75, 3.05) is 39.0 Å². The molecule has 0 saturated carbocycles. The van der Waals surface area contributed by atoms with E-state index in [1.807, 2.05) is 13.0 Å². The number of benzene rings is 1. The summed E-state index contributed by atoms with van der Waals surface area (Å²) in [4.78, 5) is 55.6. The van der Waals surface area contributed by atoms with E-state index in [0.717, 1.165) is 11.1 Å². The molecule has 0 radical (unpaired) electrons. The van der Waals surface area contributed by atoms with Gasteiger partial charge < -0.3 is 38.6 Å². The Morgan fingerprint density at radius 2 is 1.98 bits per heavy atom. The Balaban J connectivity index is 1.78. The summed E-state index contributed by atoms with van der Waals surface area (Å²) in [5.41, 5.74) is -0.903. The lowest BCUT2D eigenvalue weighted by Crippen LogP contribution is -2.63. The SMILES string of the molecule is COc1cc2cc(c1Cl)N(C)C(=O)C[C@H](OC(=O)[C@H](C)N(C)C(=O)CCS)[C@]1(C)O[C@@H]1[C@H](C)[C@H]1C[C@@](O)(NC(=O)O1)[C@@H](OC)/C=C/C=C(/C)C2. The summed E-state index contributed by atoms with van der Waals surface area (Å²) < 4.78 is 29.0. The van der Waals surface area contributed by atoms with E-state index in [1.54, 1.807) is 45.2 Å². The van der Waals surface area contributed by atoms with E-state index in [4.69, 9.17) is 35.3 Å². The molecular weight excluding hydrogens is 690 g/mol. The van der Waals surface area contributed by atoms with Gasteiger partial charge in [-0.25, -0.2) is 9.59 Å². The predicted molar refractivity (Wildman–Crippen MR) is 189 cm³/mol. The molecule has 50 heavy (non-hydrogen) atoms. The molecule has 1 aromatic rings. The van der Waals surface area contributed by atoms with E-state index in [-0.39, 0.29) is 30.2 Å². The number of alkyl carbamates (subject to hydrolysis) is 1. The second-order valence-corrected chi connectivity index (χ2v) is 14.2. The first-order valence-electron chi connectivity index (χ1n) is 16.4. The Kier molecular flexibility index (Phi) is 12.6. The summed E-state index contributed by atoms with van der Waals surface area (Å²) in [6.45, 7) is 6.96. The number of amides is 3. The highest BCUT2D eigenvalue weighted by Gasteiger charge is 2.64. The quantitative estimate of drug-likeness (QED) is 0.214. The maximum atomic E-state index is 14.0. The molecule has 2 saturated heterocycles. The zero-order valence-electron chi connectivity index (χ0n) is 29.7. The van der Waals surface area contributed by atoms with E-state index in [1.165, 1.54) is 38.0 Å². The van der Waals surface area contributed by atoms with Crippen molar-refractivity contribution in [2.45, 2.75) is 95.2 Å². The molecule has 0 aliphatic carbocycles. The summed E-state index contributed by atoms with van der Waals surface area (Å²) in [5, 5.41) is 14.4. The van der Waals surface area contributed by atoms with Crippen LogP contribution in [0, 0.1) is 5.92 Å². The third-order valence-corrected chi connectivity index (χ3v) is 10.5. The fraction of sp³-hybridized carbons (Fsp3) is 0.600. The lowest BCUT2D eigenvalue weighted by Gasteiger charge is -2.42. The Hall–Kier alpha value is -3.30. The van der Waals surface area contributed by atoms with Gasteiger partial charge in [-0.05, 0) is 50.6 Å². The van der Waals surface area contributed by atoms with Crippen LogP contribution in [0.25, 0.3) is 0 Å². The smallest absolute Gasteiger partial charge is 0.409 e. The summed E-state index contributed by atoms with van der Waals surface area (Å²) >= 11 is 10.8. The lowest BCUT2D eigenvalue weighted by molar-refractivity contribution is -0.161. The monoisotopic (exact) mass is 737 g/mol. The van der Waals surface area contributed by atoms with Crippen LogP contribution in [-0.4, -0.2) is 110 Å². The minimum Gasteiger partial charge on any atom is -0.495 e. The molecule has 3 amide bonds. The number of esters is 1. The molecule has 4 bridgehead atoms. The van der Waals surface area contributed by atoms with Gasteiger partial charge in [0.25, 0.3) is 0 Å². The number of rotatable bonds is 7. The first kappa shape index (κ1) is 39.5. The fourth-order valence-corrected chi connectivity index (χ4v) is 6.99. The molecule has 1 aromatic carbocycles. The molecule has 0 aromatic heterocycles. The molecule has 3 aliphatic heterocycles. The van der Waals surface area contributed by atoms with Crippen molar-refractivity contribution in [3.05, 3.63) is 46.5 Å². The number of hydrogen-bond acceptors (Lipinski definition) is 11. The number of aliphatic hydroxyl groups is 1. The van der Waals surface area contributed by atoms with Gasteiger partial charge in [-0.2, -0.15) is 12.6 Å². The van der Waals surface area contributed by atoms with Gasteiger partial charge in [-0.3, -0.25) is 14.9 Å². The van der Waals surface area contributed by atoms with Crippen LogP contribution in [0.1, 0.15) is 52.5 Å². The lowest BCUT2D eigenvalue weighted by atomic mass is 9.83. The van der Waals surface area contributed by atoms with Crippen LogP contribution < -0.4 is 15.0 Å². The number of anilines is 1. The second-order valence-electron chi connectivity index (χ2n) is 13.4. The van der Waals surface area contributed by atoms with Gasteiger partial charge in [0.05, 0.1) is 25.3 Å². The molecule has 8 atom stereocenters. The van der Waals surface area contributed by atoms with Gasteiger partial charge in [0.15, 0.2) is 5.72 Å². The van der Waals surface area contributed by atoms with Gasteiger partial charge in [-0.1, -0.05) is 42.3 Å². The van der Waals surface area contributed by atoms with Gasteiger partial charge in [0.1, 0.15) is 40.7 Å². The average molecular weight is 738 g/mol. The molecule has 3 aliphatic rings. The zero-order valence-corrected chi connectivity index (χ0v) is 31.4. The topological polar surface area (TPSA) is 156 Å². The molecule has 3 heterocycles. The van der Waals surface area contributed by atoms with Crippen LogP contribution in [0.4, 0.5) is 10.5 Å². The third kappa shape index (κ3) is 8.42. The highest BCUT2D eigenvalue weighted by Crippen LogP contribution is 2.49. The Labute approximate surface area is 303 Å². The molecule has 2 N–H and O–H groups in total. The van der Waals surface area contributed by atoms with Gasteiger partial charge in [0, 0.05) is 40.0 Å². The highest BCUT2D eigenvalue weighted by molar-refractivity contribution is 7.80. The average Bonchev–Trinajstić information content (AvgIpc) is 3.76. The van der Waals surface area contributed by atoms with Crippen molar-refractivity contribution in [3.63, 3.8) is 0 Å². The zero-order chi connectivity index (χ0) is 37.1. The molecule has 0 unspecified atom stereocenters. The van der Waals surface area contributed by atoms with Crippen LogP contribution in [-0.2, 0) is 39.8 Å². The number of hydrogen-bond donors (Lipinski definition) is 3. The van der Waals surface area contributed by atoms with Crippen LogP contribution in [0.5, 0.6) is 5.75 Å². The Morgan fingerprint density at radius 1 is 1.28 bits per heavy atom. The van der Waals surface area contributed by atoms with Crippen LogP contribution >= 0.6 is 24.2 Å². The van der Waals surface area contributed by atoms with E-state index >= 15 is 0 Å². The normalized spacial score (nSPS) is 32.3. The van der Waals surface area contributed by atoms with Crippen molar-refractivity contribution in [2.24, 2.45) is 5.92 Å². The number of carbonyl (C=O) groups excluding carboxylic acids is 4. The minimum absolute atomic E-state index is 0.0489. The molecule has 4 rings (SSSR count). The van der Waals surface area contributed by atoms with Crippen molar-refractivity contribution in [3.8, 4) is 5.75 Å². The van der Waals surface area contributed by atoms with Crippen LogP contribution in [0.3, 0.4) is 0 Å². The number of halogens is 1. The fourth-order valence-electron chi connectivity index (χ4n) is 6.49. The Morgan fingerprint density at radius 3 is 2.62 bits per heavy atom. The van der Waals surface area contributed by atoms with E-state index in [0.29, 0.717) is 23.6 Å². The maximum Gasteiger partial charge on any atom is 0.409 e. The van der Waals surface area contributed by atoms with Crippen molar-refractivity contribution >= 4 is 53.8 Å². The van der Waals surface area contributed by atoms with Crippen molar-refractivity contribution in [1.82, 2.24) is 10.2 Å². The van der Waals surface area contributed by atoms with Gasteiger partial charge in [0.2, 0.25) is 11.8 Å². The number of carbonyl (C=O) groups is 4. The van der Waals surface area contributed by atoms with Crippen LogP contribution in [0.15, 0.2) is 35.9 Å². The molecule has 2 fully saturated rings. The number of fused-ring (bicyclic) bond motifs is 5. The number of allylic oxidation sites excluding steroid dienone is 3. The van der Waals surface area contributed by atoms with Gasteiger partial charge >= 0.3 is 12.1 Å². The predicted octanol–water partition coefficient (Wildman–Crippen LogP) is 3.83. The first-order chi connectivity index (χ1) is 23.5.